The number of hydrogen-bond donors (Lipinski definition) is 1. The van der Waals surface area contributed by atoms with E-state index in [1.165, 1.54) is 12.0 Å². The van der Waals surface area contributed by atoms with Crippen molar-refractivity contribution in [2.24, 2.45) is 11.7 Å². The second-order valence-corrected chi connectivity index (χ2v) is 4.15. The van der Waals surface area contributed by atoms with E-state index in [-0.39, 0.29) is 0 Å². The smallest absolute Gasteiger partial charge is 0.122 e. The van der Waals surface area contributed by atoms with E-state index in [2.05, 4.69) is 18.2 Å². The normalized spacial score (nSPS) is 23.9. The molecular formula is C13H19NO. The third kappa shape index (κ3) is 2.32. The van der Waals surface area contributed by atoms with Crippen molar-refractivity contribution in [2.45, 2.75) is 25.7 Å². The van der Waals surface area contributed by atoms with Crippen molar-refractivity contribution in [3.8, 4) is 5.75 Å². The van der Waals surface area contributed by atoms with Crippen LogP contribution in [0.3, 0.4) is 0 Å². The van der Waals surface area contributed by atoms with Gasteiger partial charge in [0, 0.05) is 0 Å². The van der Waals surface area contributed by atoms with Crippen LogP contribution in [0.4, 0.5) is 0 Å². The lowest BCUT2D eigenvalue weighted by Crippen LogP contribution is -2.00. The molecule has 1 aliphatic rings. The summed E-state index contributed by atoms with van der Waals surface area (Å²) in [5.74, 6) is 2.54. The van der Waals surface area contributed by atoms with Gasteiger partial charge in [0.05, 0.1) is 6.61 Å². The molecule has 2 heteroatoms. The minimum atomic E-state index is 0.691. The summed E-state index contributed by atoms with van der Waals surface area (Å²) in [6, 6.07) is 8.38. The van der Waals surface area contributed by atoms with E-state index in [0.717, 1.165) is 31.2 Å². The second kappa shape index (κ2) is 4.67. The number of ether oxygens (including phenoxy) is 1. The topological polar surface area (TPSA) is 35.2 Å². The molecule has 2 N–H and O–H groups in total. The van der Waals surface area contributed by atoms with Crippen LogP contribution in [-0.2, 0) is 0 Å². The molecule has 2 nitrogen and oxygen atoms in total. The number of benzene rings is 1. The van der Waals surface area contributed by atoms with Crippen molar-refractivity contribution in [3.05, 3.63) is 29.8 Å². The Morgan fingerprint density at radius 2 is 2.20 bits per heavy atom. The highest BCUT2D eigenvalue weighted by molar-refractivity contribution is 5.39. The molecule has 82 valence electrons. The Bertz CT molecular complexity index is 324. The van der Waals surface area contributed by atoms with Crippen molar-refractivity contribution >= 4 is 0 Å². The first-order valence-corrected chi connectivity index (χ1v) is 5.78. The fraction of sp³-hybridized carbons (Fsp3) is 0.538. The molecule has 0 amide bonds. The number of para-hydroxylation sites is 1. The van der Waals surface area contributed by atoms with Gasteiger partial charge >= 0.3 is 0 Å². The van der Waals surface area contributed by atoms with Crippen molar-refractivity contribution in [3.63, 3.8) is 0 Å². The van der Waals surface area contributed by atoms with Gasteiger partial charge in [0.25, 0.3) is 0 Å². The Kier molecular flexibility index (Phi) is 3.27. The van der Waals surface area contributed by atoms with E-state index in [9.17, 15) is 0 Å². The SMILES string of the molecule is CCOc1ccccc1[C@@H]1C[C@H]1CCN. The van der Waals surface area contributed by atoms with Gasteiger partial charge in [0.2, 0.25) is 0 Å². The molecule has 0 unspecified atom stereocenters. The first-order valence-electron chi connectivity index (χ1n) is 5.78. The summed E-state index contributed by atoms with van der Waals surface area (Å²) < 4.78 is 5.63. The van der Waals surface area contributed by atoms with E-state index < -0.39 is 0 Å². The van der Waals surface area contributed by atoms with Crippen LogP contribution < -0.4 is 10.5 Å². The van der Waals surface area contributed by atoms with Gasteiger partial charge in [-0.1, -0.05) is 18.2 Å². The quantitative estimate of drug-likeness (QED) is 0.801. The Balaban J connectivity index is 2.08. The molecule has 0 spiro atoms. The molecule has 0 bridgehead atoms. The number of nitrogens with two attached hydrogens (primary N) is 1. The van der Waals surface area contributed by atoms with Crippen LogP contribution in [-0.4, -0.2) is 13.2 Å². The Morgan fingerprint density at radius 3 is 2.93 bits per heavy atom. The zero-order valence-corrected chi connectivity index (χ0v) is 9.28. The van der Waals surface area contributed by atoms with Crippen LogP contribution in [0.2, 0.25) is 0 Å². The van der Waals surface area contributed by atoms with Gasteiger partial charge in [-0.15, -0.1) is 0 Å². The molecule has 0 radical (unpaired) electrons. The first kappa shape index (κ1) is 10.5. The average Bonchev–Trinajstić information content (AvgIpc) is 2.99. The molecule has 0 heterocycles. The van der Waals surface area contributed by atoms with E-state index in [1.807, 2.05) is 13.0 Å². The van der Waals surface area contributed by atoms with Crippen molar-refractivity contribution in [1.29, 1.82) is 0 Å². The Labute approximate surface area is 91.4 Å². The van der Waals surface area contributed by atoms with E-state index in [0.29, 0.717) is 5.92 Å². The molecule has 1 aliphatic carbocycles. The standard InChI is InChI=1S/C13H19NO/c1-2-15-13-6-4-3-5-11(13)12-9-10(12)7-8-14/h3-6,10,12H,2,7-9,14H2,1H3/t10-,12-/m1/s1. The van der Waals surface area contributed by atoms with Gasteiger partial charge in [0.1, 0.15) is 5.75 Å². The maximum atomic E-state index is 5.63. The third-order valence-electron chi connectivity index (χ3n) is 3.08. The zero-order chi connectivity index (χ0) is 10.7. The van der Waals surface area contributed by atoms with Crippen molar-refractivity contribution < 1.29 is 4.74 Å². The van der Waals surface area contributed by atoms with Crippen LogP contribution in [0.5, 0.6) is 5.75 Å². The molecule has 1 saturated carbocycles. The average molecular weight is 205 g/mol. The van der Waals surface area contributed by atoms with Gasteiger partial charge in [-0.05, 0) is 49.8 Å². The van der Waals surface area contributed by atoms with E-state index in [1.54, 1.807) is 0 Å². The minimum absolute atomic E-state index is 0.691. The third-order valence-corrected chi connectivity index (χ3v) is 3.08. The fourth-order valence-electron chi connectivity index (χ4n) is 2.24. The maximum Gasteiger partial charge on any atom is 0.122 e. The summed E-state index contributed by atoms with van der Waals surface area (Å²) in [5, 5.41) is 0. The Morgan fingerprint density at radius 1 is 1.40 bits per heavy atom. The van der Waals surface area contributed by atoms with Crippen LogP contribution in [0.15, 0.2) is 24.3 Å². The summed E-state index contributed by atoms with van der Waals surface area (Å²) in [6.07, 6.45) is 2.42. The molecular weight excluding hydrogens is 186 g/mol. The molecule has 0 aliphatic heterocycles. The van der Waals surface area contributed by atoms with Crippen LogP contribution in [0, 0.1) is 5.92 Å². The van der Waals surface area contributed by atoms with Crippen molar-refractivity contribution in [1.82, 2.24) is 0 Å². The van der Waals surface area contributed by atoms with Gasteiger partial charge in [0.15, 0.2) is 0 Å². The number of rotatable bonds is 5. The summed E-state index contributed by atoms with van der Waals surface area (Å²) in [7, 11) is 0. The van der Waals surface area contributed by atoms with Crippen molar-refractivity contribution in [2.75, 3.05) is 13.2 Å². The van der Waals surface area contributed by atoms with Gasteiger partial charge in [-0.3, -0.25) is 0 Å². The highest BCUT2D eigenvalue weighted by Gasteiger charge is 2.38. The first-order chi connectivity index (χ1) is 7.36. The Hall–Kier alpha value is -1.02. The molecule has 2 rings (SSSR count). The summed E-state index contributed by atoms with van der Waals surface area (Å²) in [6.45, 7) is 3.57. The largest absolute Gasteiger partial charge is 0.494 e. The zero-order valence-electron chi connectivity index (χ0n) is 9.28. The fourth-order valence-corrected chi connectivity index (χ4v) is 2.24. The van der Waals surface area contributed by atoms with E-state index in [4.69, 9.17) is 10.5 Å². The highest BCUT2D eigenvalue weighted by Crippen LogP contribution is 2.51. The molecule has 1 fully saturated rings. The minimum Gasteiger partial charge on any atom is -0.494 e. The lowest BCUT2D eigenvalue weighted by Gasteiger charge is -2.09. The van der Waals surface area contributed by atoms with E-state index >= 15 is 0 Å². The monoisotopic (exact) mass is 205 g/mol. The lowest BCUT2D eigenvalue weighted by atomic mass is 10.1. The summed E-state index contributed by atoms with van der Waals surface area (Å²) >= 11 is 0. The summed E-state index contributed by atoms with van der Waals surface area (Å²) in [4.78, 5) is 0. The molecule has 15 heavy (non-hydrogen) atoms. The molecule has 1 aromatic rings. The molecule has 1 aromatic carbocycles. The van der Waals surface area contributed by atoms with Crippen LogP contribution in [0.25, 0.3) is 0 Å². The molecule has 0 aromatic heterocycles. The number of hydrogen-bond acceptors (Lipinski definition) is 2. The predicted octanol–water partition coefficient (Wildman–Crippen LogP) is 2.54. The molecule has 2 atom stereocenters. The van der Waals surface area contributed by atoms with Crippen LogP contribution >= 0.6 is 0 Å². The molecule has 0 saturated heterocycles. The van der Waals surface area contributed by atoms with Gasteiger partial charge in [-0.2, -0.15) is 0 Å². The second-order valence-electron chi connectivity index (χ2n) is 4.15. The lowest BCUT2D eigenvalue weighted by molar-refractivity contribution is 0.336. The maximum absolute atomic E-state index is 5.63. The van der Waals surface area contributed by atoms with Gasteiger partial charge < -0.3 is 10.5 Å². The highest BCUT2D eigenvalue weighted by atomic mass is 16.5. The predicted molar refractivity (Wildman–Crippen MR) is 62.1 cm³/mol. The summed E-state index contributed by atoms with van der Waals surface area (Å²) in [5.41, 5.74) is 6.95. The van der Waals surface area contributed by atoms with Crippen LogP contribution in [0.1, 0.15) is 31.2 Å². The van der Waals surface area contributed by atoms with Gasteiger partial charge in [-0.25, -0.2) is 0 Å².